The third-order valence-corrected chi connectivity index (χ3v) is 3.45. The van der Waals surface area contributed by atoms with Gasteiger partial charge in [-0.05, 0) is 0 Å². The van der Waals surface area contributed by atoms with Gasteiger partial charge < -0.3 is 5.32 Å². The molecule has 3 nitrogen and oxygen atoms in total. The fraction of sp³-hybridized carbons (Fsp3) is 1.00. The minimum Gasteiger partial charge on any atom is -0.314 e. The van der Waals surface area contributed by atoms with Crippen molar-refractivity contribution in [3.8, 4) is 0 Å². The summed E-state index contributed by atoms with van der Waals surface area (Å²) in [7, 11) is -0.591. The molecule has 1 heterocycles. The van der Waals surface area contributed by atoms with Crippen LogP contribution in [-0.2, 0) is 10.8 Å². The summed E-state index contributed by atoms with van der Waals surface area (Å²) in [6, 6.07) is 0. The summed E-state index contributed by atoms with van der Waals surface area (Å²) >= 11 is 0. The fourth-order valence-corrected chi connectivity index (χ4v) is 2.06. The van der Waals surface area contributed by atoms with Crippen LogP contribution in [0, 0.1) is 0 Å². The molecule has 0 spiro atoms. The summed E-state index contributed by atoms with van der Waals surface area (Å²) in [5.41, 5.74) is 0. The van der Waals surface area contributed by atoms with Crippen LogP contribution in [0.4, 0.5) is 0 Å². The quantitative estimate of drug-likeness (QED) is 0.658. The van der Waals surface area contributed by atoms with Crippen molar-refractivity contribution in [3.63, 3.8) is 0 Å². The molecular weight excluding hydrogens is 172 g/mol. The molecule has 1 fully saturated rings. The van der Waals surface area contributed by atoms with Gasteiger partial charge in [0.25, 0.3) is 0 Å². The van der Waals surface area contributed by atoms with Crippen LogP contribution >= 0.6 is 0 Å². The van der Waals surface area contributed by atoms with Gasteiger partial charge in [0.1, 0.15) is 0 Å². The lowest BCUT2D eigenvalue weighted by atomic mass is 10.4. The third-order valence-electron chi connectivity index (χ3n) is 2.17. The van der Waals surface area contributed by atoms with Crippen LogP contribution in [-0.4, -0.2) is 53.3 Å². The van der Waals surface area contributed by atoms with Crippen LogP contribution in [0.3, 0.4) is 0 Å². The van der Waals surface area contributed by atoms with Crippen LogP contribution < -0.4 is 5.32 Å². The van der Waals surface area contributed by atoms with E-state index in [1.807, 2.05) is 6.92 Å². The normalized spacial score (nSPS) is 22.4. The van der Waals surface area contributed by atoms with E-state index >= 15 is 0 Å². The van der Waals surface area contributed by atoms with E-state index in [1.54, 1.807) is 0 Å². The van der Waals surface area contributed by atoms with Crippen molar-refractivity contribution in [2.75, 3.05) is 44.2 Å². The van der Waals surface area contributed by atoms with Gasteiger partial charge in [-0.3, -0.25) is 9.11 Å². The standard InChI is InChI=1S/C8H18N2OS/c1-2-12(11)8-7-10-5-3-9-4-6-10/h9H,2-8H2,1H3/t12-/m0/s1. The highest BCUT2D eigenvalue weighted by atomic mass is 32.2. The Kier molecular flexibility index (Phi) is 4.80. The Hall–Kier alpha value is 0.0700. The molecule has 0 radical (unpaired) electrons. The predicted octanol–water partition coefficient (Wildman–Crippen LogP) is -0.340. The van der Waals surface area contributed by atoms with Gasteiger partial charge >= 0.3 is 0 Å². The van der Waals surface area contributed by atoms with E-state index < -0.39 is 10.8 Å². The minimum atomic E-state index is -0.591. The first-order valence-corrected chi connectivity index (χ1v) is 6.09. The molecule has 12 heavy (non-hydrogen) atoms. The molecule has 1 N–H and O–H groups in total. The van der Waals surface area contributed by atoms with E-state index in [-0.39, 0.29) is 0 Å². The van der Waals surface area contributed by atoms with Crippen molar-refractivity contribution >= 4 is 10.8 Å². The SMILES string of the molecule is CC[S@](=O)CCN1CCNCC1. The first-order chi connectivity index (χ1) is 5.83. The van der Waals surface area contributed by atoms with E-state index in [2.05, 4.69) is 10.2 Å². The van der Waals surface area contributed by atoms with Gasteiger partial charge in [-0.1, -0.05) is 6.92 Å². The lowest BCUT2D eigenvalue weighted by Gasteiger charge is -2.26. The van der Waals surface area contributed by atoms with Crippen LogP contribution in [0.25, 0.3) is 0 Å². The molecule has 0 aromatic rings. The molecule has 0 aromatic heterocycles. The molecule has 72 valence electrons. The van der Waals surface area contributed by atoms with Crippen LogP contribution in [0.2, 0.25) is 0 Å². The maximum absolute atomic E-state index is 11.1. The Morgan fingerprint density at radius 1 is 1.42 bits per heavy atom. The zero-order valence-electron chi connectivity index (χ0n) is 7.71. The molecule has 1 rings (SSSR count). The number of rotatable bonds is 4. The topological polar surface area (TPSA) is 32.3 Å². The number of nitrogens with one attached hydrogen (secondary N) is 1. The highest BCUT2D eigenvalue weighted by Crippen LogP contribution is 1.92. The second kappa shape index (κ2) is 5.67. The second-order valence-corrected chi connectivity index (χ2v) is 4.89. The predicted molar refractivity (Wildman–Crippen MR) is 52.9 cm³/mol. The molecule has 1 saturated heterocycles. The van der Waals surface area contributed by atoms with Crippen molar-refractivity contribution in [2.45, 2.75) is 6.92 Å². The smallest absolute Gasteiger partial charge is 0.0362 e. The molecule has 0 amide bonds. The highest BCUT2D eigenvalue weighted by Gasteiger charge is 2.09. The highest BCUT2D eigenvalue weighted by molar-refractivity contribution is 7.84. The third kappa shape index (κ3) is 3.65. The first-order valence-electron chi connectivity index (χ1n) is 4.61. The van der Waals surface area contributed by atoms with Gasteiger partial charge in [0, 0.05) is 55.0 Å². The summed E-state index contributed by atoms with van der Waals surface area (Å²) in [5, 5.41) is 3.30. The van der Waals surface area contributed by atoms with E-state index in [0.717, 1.165) is 44.2 Å². The summed E-state index contributed by atoms with van der Waals surface area (Å²) in [4.78, 5) is 2.38. The molecule has 0 bridgehead atoms. The van der Waals surface area contributed by atoms with E-state index in [4.69, 9.17) is 0 Å². The first kappa shape index (κ1) is 10.2. The molecule has 1 aliphatic rings. The zero-order chi connectivity index (χ0) is 8.81. The van der Waals surface area contributed by atoms with Gasteiger partial charge in [0.2, 0.25) is 0 Å². The Balaban J connectivity index is 2.09. The molecule has 0 saturated carbocycles. The largest absolute Gasteiger partial charge is 0.314 e. The maximum atomic E-state index is 11.1. The van der Waals surface area contributed by atoms with E-state index in [1.165, 1.54) is 0 Å². The molecule has 1 aliphatic heterocycles. The average molecular weight is 190 g/mol. The van der Waals surface area contributed by atoms with Gasteiger partial charge in [-0.2, -0.15) is 0 Å². The van der Waals surface area contributed by atoms with Crippen LogP contribution in [0.1, 0.15) is 6.92 Å². The number of hydrogen-bond acceptors (Lipinski definition) is 3. The second-order valence-electron chi connectivity index (χ2n) is 3.02. The Morgan fingerprint density at radius 3 is 2.67 bits per heavy atom. The lowest BCUT2D eigenvalue weighted by Crippen LogP contribution is -2.44. The van der Waals surface area contributed by atoms with Crippen LogP contribution in [0.5, 0.6) is 0 Å². The van der Waals surface area contributed by atoms with E-state index in [0.29, 0.717) is 0 Å². The lowest BCUT2D eigenvalue weighted by molar-refractivity contribution is 0.254. The number of hydrogen-bond donors (Lipinski definition) is 1. The summed E-state index contributed by atoms with van der Waals surface area (Å²) in [5.74, 6) is 1.64. The van der Waals surface area contributed by atoms with Gasteiger partial charge in [0.15, 0.2) is 0 Å². The van der Waals surface area contributed by atoms with Gasteiger partial charge in [-0.15, -0.1) is 0 Å². The summed E-state index contributed by atoms with van der Waals surface area (Å²) in [6.45, 7) is 7.37. The number of piperazine rings is 1. The Bertz CT molecular complexity index is 146. The van der Waals surface area contributed by atoms with Crippen molar-refractivity contribution < 1.29 is 4.21 Å². The fourth-order valence-electron chi connectivity index (χ4n) is 1.31. The minimum absolute atomic E-state index is 0.591. The van der Waals surface area contributed by atoms with Gasteiger partial charge in [-0.25, -0.2) is 0 Å². The van der Waals surface area contributed by atoms with Crippen molar-refractivity contribution in [3.05, 3.63) is 0 Å². The van der Waals surface area contributed by atoms with E-state index in [9.17, 15) is 4.21 Å². The maximum Gasteiger partial charge on any atom is 0.0362 e. The van der Waals surface area contributed by atoms with Crippen molar-refractivity contribution in [1.82, 2.24) is 10.2 Å². The molecule has 4 heteroatoms. The molecular formula is C8H18N2OS. The Labute approximate surface area is 77.0 Å². The molecule has 0 aliphatic carbocycles. The van der Waals surface area contributed by atoms with Crippen molar-refractivity contribution in [2.24, 2.45) is 0 Å². The average Bonchev–Trinajstić information content (AvgIpc) is 2.16. The molecule has 1 atom stereocenters. The molecule has 0 aromatic carbocycles. The van der Waals surface area contributed by atoms with Gasteiger partial charge in [0.05, 0.1) is 0 Å². The summed E-state index contributed by atoms with van der Waals surface area (Å²) < 4.78 is 11.1. The zero-order valence-corrected chi connectivity index (χ0v) is 8.53. The Morgan fingerprint density at radius 2 is 2.08 bits per heavy atom. The number of nitrogens with zero attached hydrogens (tertiary/aromatic N) is 1. The van der Waals surface area contributed by atoms with Crippen molar-refractivity contribution in [1.29, 1.82) is 0 Å². The van der Waals surface area contributed by atoms with Crippen LogP contribution in [0.15, 0.2) is 0 Å². The monoisotopic (exact) mass is 190 g/mol. The summed E-state index contributed by atoms with van der Waals surface area (Å²) in [6.07, 6.45) is 0. The molecule has 0 unspecified atom stereocenters.